The number of aliphatic carboxylic acids is 1. The molecule has 0 radical (unpaired) electrons. The summed E-state index contributed by atoms with van der Waals surface area (Å²) in [7, 11) is 0. The van der Waals surface area contributed by atoms with Crippen LogP contribution in [0.5, 0.6) is 0 Å². The van der Waals surface area contributed by atoms with Gasteiger partial charge in [-0.1, -0.05) is 0 Å². The number of carboxylic acids is 1. The molecule has 0 aromatic carbocycles. The van der Waals surface area contributed by atoms with E-state index in [0.29, 0.717) is 10.5 Å². The number of rotatable bonds is 3. The topological polar surface area (TPSA) is 94.9 Å². The maximum Gasteiger partial charge on any atom is 2.00 e. The van der Waals surface area contributed by atoms with Gasteiger partial charge in [0.25, 0.3) is 0 Å². The number of imidazole rings is 1. The number of aromatic nitrogens is 2. The summed E-state index contributed by atoms with van der Waals surface area (Å²) in [6, 6.07) is -0.883. The Labute approximate surface area is 113 Å². The van der Waals surface area contributed by atoms with Crippen molar-refractivity contribution in [3.8, 4) is 0 Å². The van der Waals surface area contributed by atoms with Gasteiger partial charge < -0.3 is 23.7 Å². The predicted octanol–water partition coefficient (Wildman–Crippen LogP) is -0.129. The Bertz CT molecular complexity index is 343. The van der Waals surface area contributed by atoms with Gasteiger partial charge in [0.15, 0.2) is 4.77 Å². The number of H-pyrrole nitrogens is 2. The fourth-order valence-electron chi connectivity index (χ4n) is 0.805. The molecule has 1 heterocycles. The Morgan fingerprint density at radius 2 is 2.46 bits per heavy atom. The van der Waals surface area contributed by atoms with Gasteiger partial charge in [-0.15, -0.1) is 0 Å². The van der Waals surface area contributed by atoms with E-state index in [0.717, 1.165) is 0 Å². The van der Waals surface area contributed by atoms with Gasteiger partial charge in [0, 0.05) is 18.3 Å². The molecule has 0 saturated carbocycles. The number of carboxylic acid groups (broad SMARTS) is 1. The Hall–Kier alpha value is 0.120. The average molecular weight is 229 g/mol. The minimum absolute atomic E-state index is 0. The van der Waals surface area contributed by atoms with Crippen LogP contribution in [0.25, 0.3) is 0 Å². The Kier molecular flexibility index (Phi) is 5.82. The summed E-state index contributed by atoms with van der Waals surface area (Å²) < 4.78 is 0.475. The van der Waals surface area contributed by atoms with Crippen LogP contribution in [0, 0.1) is 4.77 Å². The van der Waals surface area contributed by atoms with Crippen LogP contribution < -0.4 is 5.73 Å². The van der Waals surface area contributed by atoms with E-state index in [9.17, 15) is 4.79 Å². The van der Waals surface area contributed by atoms with E-state index in [1.165, 1.54) is 0 Å². The zero-order chi connectivity index (χ0) is 9.14. The van der Waals surface area contributed by atoms with Gasteiger partial charge in [-0.25, -0.2) is 0 Å². The van der Waals surface area contributed by atoms with Gasteiger partial charge in [-0.2, -0.15) is 0 Å². The van der Waals surface area contributed by atoms with Crippen LogP contribution in [-0.4, -0.2) is 64.8 Å². The third-order valence-electron chi connectivity index (χ3n) is 1.41. The third kappa shape index (κ3) is 4.23. The molecule has 1 aromatic rings. The molecule has 70 valence electrons. The first kappa shape index (κ1) is 13.1. The van der Waals surface area contributed by atoms with E-state index in [1.807, 2.05) is 0 Å². The molecule has 0 spiro atoms. The number of nitrogens with one attached hydrogen (secondary N) is 2. The fourth-order valence-corrected chi connectivity index (χ4v) is 0.995. The molecule has 0 aliphatic rings. The van der Waals surface area contributed by atoms with E-state index in [-0.39, 0.29) is 47.0 Å². The van der Waals surface area contributed by atoms with Gasteiger partial charge in [0.2, 0.25) is 0 Å². The molecule has 0 saturated heterocycles. The second-order valence-electron chi connectivity index (χ2n) is 2.42. The predicted molar refractivity (Wildman–Crippen MR) is 53.3 cm³/mol. The van der Waals surface area contributed by atoms with Gasteiger partial charge in [0.05, 0.1) is 0 Å². The smallest absolute Gasteiger partial charge is 1.00 e. The molecular weight excluding hydrogens is 218 g/mol. The van der Waals surface area contributed by atoms with Crippen LogP contribution >= 0.6 is 12.2 Å². The Morgan fingerprint density at radius 1 is 1.85 bits per heavy atom. The van der Waals surface area contributed by atoms with Gasteiger partial charge in [-0.3, -0.25) is 4.79 Å². The summed E-state index contributed by atoms with van der Waals surface area (Å²) in [4.78, 5) is 15.8. The molecule has 1 aromatic heterocycles. The molecule has 0 amide bonds. The maximum absolute atomic E-state index is 10.3. The van der Waals surface area contributed by atoms with Crippen LogP contribution in [0.1, 0.15) is 8.55 Å². The summed E-state index contributed by atoms with van der Waals surface area (Å²) in [5.41, 5.74) is 5.99. The van der Waals surface area contributed by atoms with E-state index >= 15 is 0 Å². The molecule has 1 rings (SSSR count). The number of carbonyl (C=O) groups is 1. The summed E-state index contributed by atoms with van der Waals surface area (Å²) >= 11 is 4.75. The number of hydrogen-bond donors (Lipinski definition) is 4. The molecule has 0 unspecified atom stereocenters. The second kappa shape index (κ2) is 5.77. The molecule has 5 nitrogen and oxygen atoms in total. The van der Waals surface area contributed by atoms with Crippen molar-refractivity contribution in [3.63, 3.8) is 0 Å². The van der Waals surface area contributed by atoms with Crippen molar-refractivity contribution in [1.82, 2.24) is 9.97 Å². The van der Waals surface area contributed by atoms with E-state index < -0.39 is 12.0 Å². The first-order chi connectivity index (χ1) is 5.59. The molecule has 1 atom stereocenters. The second-order valence-corrected chi connectivity index (χ2v) is 2.83. The number of hydrogen-bond acceptors (Lipinski definition) is 3. The molecular formula is C6H11CaN3O2S. The quantitative estimate of drug-likeness (QED) is 0.429. The Balaban J connectivity index is -0.000000480. The first-order valence-corrected chi connectivity index (χ1v) is 3.75. The van der Waals surface area contributed by atoms with Gasteiger partial charge in [-0.05, 0) is 12.2 Å². The van der Waals surface area contributed by atoms with Crippen molar-refractivity contribution in [2.24, 2.45) is 5.73 Å². The molecule has 0 aliphatic heterocycles. The average Bonchev–Trinajstić information content (AvgIpc) is 2.35. The van der Waals surface area contributed by atoms with Crippen LogP contribution in [0.2, 0.25) is 0 Å². The number of nitrogens with two attached hydrogens (primary N) is 1. The van der Waals surface area contributed by atoms with Crippen LogP contribution in [0.4, 0.5) is 0 Å². The first-order valence-electron chi connectivity index (χ1n) is 3.34. The molecule has 7 heteroatoms. The fraction of sp³-hybridized carbons (Fsp3) is 0.333. The summed E-state index contributed by atoms with van der Waals surface area (Å²) in [5, 5.41) is 8.47. The van der Waals surface area contributed by atoms with E-state index in [4.69, 9.17) is 23.1 Å². The van der Waals surface area contributed by atoms with Crippen LogP contribution in [0.3, 0.4) is 0 Å². The summed E-state index contributed by atoms with van der Waals surface area (Å²) in [5.74, 6) is -1.02. The van der Waals surface area contributed by atoms with Crippen molar-refractivity contribution in [3.05, 3.63) is 16.7 Å². The minimum atomic E-state index is -1.02. The molecule has 0 aliphatic carbocycles. The zero-order valence-corrected chi connectivity index (χ0v) is 9.93. The molecule has 0 fully saturated rings. The van der Waals surface area contributed by atoms with E-state index in [1.54, 1.807) is 6.20 Å². The standard InChI is InChI=1S/C6H9N3O2S.Ca.2H/c7-4(5(10)11)1-3-2-8-6(12)9-3;;;/h2,4H,1,7H2,(H,10,11)(H2,8,9,12);;;/q;+2;2*-1/t4-;;;/m0.../s1. The monoisotopic (exact) mass is 229 g/mol. The summed E-state index contributed by atoms with van der Waals surface area (Å²) in [6.45, 7) is 0. The summed E-state index contributed by atoms with van der Waals surface area (Å²) in [6.07, 6.45) is 1.87. The van der Waals surface area contributed by atoms with Crippen molar-refractivity contribution in [2.75, 3.05) is 0 Å². The van der Waals surface area contributed by atoms with Gasteiger partial charge in [0.1, 0.15) is 6.04 Å². The third-order valence-corrected chi connectivity index (χ3v) is 1.63. The van der Waals surface area contributed by atoms with Crippen molar-refractivity contribution < 1.29 is 12.8 Å². The van der Waals surface area contributed by atoms with Crippen LogP contribution in [-0.2, 0) is 11.2 Å². The van der Waals surface area contributed by atoms with Gasteiger partial charge >= 0.3 is 43.7 Å². The molecule has 0 bridgehead atoms. The molecule has 13 heavy (non-hydrogen) atoms. The molecule has 5 N–H and O–H groups in total. The normalized spacial score (nSPS) is 11.8. The van der Waals surface area contributed by atoms with Crippen molar-refractivity contribution >= 4 is 55.9 Å². The largest absolute Gasteiger partial charge is 2.00 e. The van der Waals surface area contributed by atoms with Crippen molar-refractivity contribution in [2.45, 2.75) is 12.5 Å². The van der Waals surface area contributed by atoms with Crippen molar-refractivity contribution in [1.29, 1.82) is 0 Å². The minimum Gasteiger partial charge on any atom is -1.00 e. The van der Waals surface area contributed by atoms with E-state index in [2.05, 4.69) is 9.97 Å². The maximum atomic E-state index is 10.3. The Morgan fingerprint density at radius 3 is 2.85 bits per heavy atom. The van der Waals surface area contributed by atoms with Crippen LogP contribution in [0.15, 0.2) is 6.20 Å². The zero-order valence-electron chi connectivity index (χ0n) is 8.91. The number of aromatic amines is 2. The SMILES string of the molecule is N[C@@H](Cc1c[nH]c(=S)[nH]1)C(=O)O.[Ca+2].[H-].[H-].